The Balaban J connectivity index is 1.74. The molecule has 0 unspecified atom stereocenters. The van der Waals surface area contributed by atoms with Gasteiger partial charge < -0.3 is 10.5 Å². The van der Waals surface area contributed by atoms with E-state index in [0.717, 1.165) is 5.75 Å². The van der Waals surface area contributed by atoms with E-state index in [-0.39, 0.29) is 0 Å². The Kier molecular flexibility index (Phi) is 3.49. The molecule has 1 aromatic heterocycles. The lowest BCUT2D eigenvalue weighted by Crippen LogP contribution is -1.93. The maximum Gasteiger partial charge on any atom is 0.122 e. The minimum Gasteiger partial charge on any atom is -0.488 e. The lowest BCUT2D eigenvalue weighted by atomic mass is 10.1. The van der Waals surface area contributed by atoms with Crippen LogP contribution >= 0.6 is 11.3 Å². The Bertz CT molecular complexity index is 690. The molecule has 0 amide bonds. The van der Waals surface area contributed by atoms with Crippen molar-refractivity contribution in [2.75, 3.05) is 0 Å². The van der Waals surface area contributed by atoms with E-state index in [2.05, 4.69) is 36.4 Å². The highest BCUT2D eigenvalue weighted by atomic mass is 32.1. The van der Waals surface area contributed by atoms with Gasteiger partial charge in [0.05, 0.1) is 0 Å². The summed E-state index contributed by atoms with van der Waals surface area (Å²) in [6.45, 7) is 1.20. The van der Waals surface area contributed by atoms with Gasteiger partial charge in [-0.1, -0.05) is 30.3 Å². The van der Waals surface area contributed by atoms with Crippen LogP contribution < -0.4 is 10.5 Å². The fraction of sp³-hybridized carbons (Fsp3) is 0.125. The van der Waals surface area contributed by atoms with Crippen LogP contribution in [0.4, 0.5) is 0 Å². The van der Waals surface area contributed by atoms with E-state index < -0.39 is 0 Å². The molecule has 0 atom stereocenters. The normalized spacial score (nSPS) is 10.8. The van der Waals surface area contributed by atoms with Crippen molar-refractivity contribution >= 4 is 22.1 Å². The molecular weight excluding hydrogens is 254 g/mol. The van der Waals surface area contributed by atoms with Crippen molar-refractivity contribution in [1.82, 2.24) is 0 Å². The second-order valence-electron chi connectivity index (χ2n) is 4.37. The molecule has 3 heteroatoms. The van der Waals surface area contributed by atoms with Crippen LogP contribution in [-0.2, 0) is 13.2 Å². The van der Waals surface area contributed by atoms with Crippen molar-refractivity contribution < 1.29 is 4.74 Å². The van der Waals surface area contributed by atoms with Gasteiger partial charge in [0.25, 0.3) is 0 Å². The van der Waals surface area contributed by atoms with Gasteiger partial charge in [-0.05, 0) is 35.0 Å². The van der Waals surface area contributed by atoms with Crippen LogP contribution in [0.1, 0.15) is 9.75 Å². The molecule has 0 bridgehead atoms. The maximum absolute atomic E-state index is 5.83. The molecule has 0 aliphatic rings. The second-order valence-corrected chi connectivity index (χ2v) is 5.62. The zero-order chi connectivity index (χ0) is 13.1. The van der Waals surface area contributed by atoms with Gasteiger partial charge in [-0.2, -0.15) is 0 Å². The molecule has 0 aliphatic heterocycles. The standard InChI is InChI=1S/C16H15NOS/c17-10-15-7-8-16(19-15)11-18-14-6-5-12-3-1-2-4-13(12)9-14/h1-9H,10-11,17H2. The van der Waals surface area contributed by atoms with E-state index in [0.29, 0.717) is 13.2 Å². The molecule has 2 N–H and O–H groups in total. The van der Waals surface area contributed by atoms with Gasteiger partial charge in [0, 0.05) is 16.3 Å². The van der Waals surface area contributed by atoms with Crippen LogP contribution in [0.3, 0.4) is 0 Å². The summed E-state index contributed by atoms with van der Waals surface area (Å²) in [7, 11) is 0. The van der Waals surface area contributed by atoms with Crippen LogP contribution in [0.25, 0.3) is 10.8 Å². The van der Waals surface area contributed by atoms with Crippen molar-refractivity contribution in [3.05, 3.63) is 64.4 Å². The van der Waals surface area contributed by atoms with Gasteiger partial charge in [0.2, 0.25) is 0 Å². The van der Waals surface area contributed by atoms with Gasteiger partial charge in [0.15, 0.2) is 0 Å². The second kappa shape index (κ2) is 5.43. The first-order chi connectivity index (χ1) is 9.35. The number of thiophene rings is 1. The number of benzene rings is 2. The monoisotopic (exact) mass is 269 g/mol. The predicted molar refractivity (Wildman–Crippen MR) is 80.5 cm³/mol. The molecule has 0 saturated heterocycles. The zero-order valence-corrected chi connectivity index (χ0v) is 11.3. The molecule has 2 nitrogen and oxygen atoms in total. The lowest BCUT2D eigenvalue weighted by Gasteiger charge is -2.06. The molecular formula is C16H15NOS. The zero-order valence-electron chi connectivity index (χ0n) is 10.5. The molecule has 3 rings (SSSR count). The minimum atomic E-state index is 0.598. The number of rotatable bonds is 4. The molecule has 0 radical (unpaired) electrons. The van der Waals surface area contributed by atoms with E-state index in [1.807, 2.05) is 18.2 Å². The van der Waals surface area contributed by atoms with Gasteiger partial charge >= 0.3 is 0 Å². The average molecular weight is 269 g/mol. The van der Waals surface area contributed by atoms with Crippen molar-refractivity contribution in [1.29, 1.82) is 0 Å². The highest BCUT2D eigenvalue weighted by molar-refractivity contribution is 7.11. The van der Waals surface area contributed by atoms with E-state index in [4.69, 9.17) is 10.5 Å². The van der Waals surface area contributed by atoms with Crippen LogP contribution in [0.2, 0.25) is 0 Å². The molecule has 96 valence electrons. The van der Waals surface area contributed by atoms with Crippen molar-refractivity contribution in [2.24, 2.45) is 5.73 Å². The first-order valence-corrected chi connectivity index (χ1v) is 7.06. The quantitative estimate of drug-likeness (QED) is 0.778. The highest BCUT2D eigenvalue weighted by Crippen LogP contribution is 2.23. The molecule has 2 aromatic carbocycles. The molecule has 0 aliphatic carbocycles. The SMILES string of the molecule is NCc1ccc(COc2ccc3ccccc3c2)s1. The van der Waals surface area contributed by atoms with Crippen molar-refractivity contribution in [3.8, 4) is 5.75 Å². The predicted octanol–water partition coefficient (Wildman–Crippen LogP) is 3.94. The topological polar surface area (TPSA) is 35.2 Å². The van der Waals surface area contributed by atoms with Gasteiger partial charge in [-0.25, -0.2) is 0 Å². The fourth-order valence-electron chi connectivity index (χ4n) is 2.02. The third kappa shape index (κ3) is 2.78. The number of fused-ring (bicyclic) bond motifs is 1. The Morgan fingerprint density at radius 2 is 1.68 bits per heavy atom. The Hall–Kier alpha value is -1.84. The summed E-state index contributed by atoms with van der Waals surface area (Å²) >= 11 is 1.71. The third-order valence-electron chi connectivity index (χ3n) is 3.02. The summed E-state index contributed by atoms with van der Waals surface area (Å²) in [4.78, 5) is 2.39. The fourth-order valence-corrected chi connectivity index (χ4v) is 2.83. The molecule has 0 fully saturated rings. The average Bonchev–Trinajstić information content (AvgIpc) is 2.93. The molecule has 3 aromatic rings. The van der Waals surface area contributed by atoms with Gasteiger partial charge in [-0.3, -0.25) is 0 Å². The smallest absolute Gasteiger partial charge is 0.122 e. The van der Waals surface area contributed by atoms with E-state index in [1.54, 1.807) is 11.3 Å². The summed E-state index contributed by atoms with van der Waals surface area (Å²) in [5, 5.41) is 2.44. The minimum absolute atomic E-state index is 0.598. The van der Waals surface area contributed by atoms with Crippen molar-refractivity contribution in [3.63, 3.8) is 0 Å². The number of nitrogens with two attached hydrogens (primary N) is 1. The summed E-state index contributed by atoms with van der Waals surface area (Å²) in [5.74, 6) is 0.904. The summed E-state index contributed by atoms with van der Waals surface area (Å²) in [6.07, 6.45) is 0. The number of hydrogen-bond acceptors (Lipinski definition) is 3. The van der Waals surface area contributed by atoms with E-state index in [9.17, 15) is 0 Å². The number of ether oxygens (including phenoxy) is 1. The van der Waals surface area contributed by atoms with Gasteiger partial charge in [0.1, 0.15) is 12.4 Å². The number of hydrogen-bond donors (Lipinski definition) is 1. The summed E-state index contributed by atoms with van der Waals surface area (Å²) in [5.41, 5.74) is 5.60. The van der Waals surface area contributed by atoms with E-state index in [1.165, 1.54) is 20.5 Å². The van der Waals surface area contributed by atoms with Crippen LogP contribution in [0.15, 0.2) is 54.6 Å². The Morgan fingerprint density at radius 3 is 2.47 bits per heavy atom. The van der Waals surface area contributed by atoms with Crippen LogP contribution in [0, 0.1) is 0 Å². The molecule has 0 saturated carbocycles. The lowest BCUT2D eigenvalue weighted by molar-refractivity contribution is 0.310. The van der Waals surface area contributed by atoms with Gasteiger partial charge in [-0.15, -0.1) is 11.3 Å². The molecule has 1 heterocycles. The largest absolute Gasteiger partial charge is 0.488 e. The van der Waals surface area contributed by atoms with Crippen molar-refractivity contribution in [2.45, 2.75) is 13.2 Å². The van der Waals surface area contributed by atoms with Crippen LogP contribution in [-0.4, -0.2) is 0 Å². The first kappa shape index (κ1) is 12.2. The van der Waals surface area contributed by atoms with E-state index >= 15 is 0 Å². The molecule has 19 heavy (non-hydrogen) atoms. The highest BCUT2D eigenvalue weighted by Gasteiger charge is 2.01. The summed E-state index contributed by atoms with van der Waals surface area (Å²) in [6, 6.07) is 18.6. The molecule has 0 spiro atoms. The third-order valence-corrected chi connectivity index (χ3v) is 4.10. The van der Waals surface area contributed by atoms with Crippen LogP contribution in [0.5, 0.6) is 5.75 Å². The maximum atomic E-state index is 5.83. The first-order valence-electron chi connectivity index (χ1n) is 6.24. The Morgan fingerprint density at radius 1 is 0.895 bits per heavy atom. The summed E-state index contributed by atoms with van der Waals surface area (Å²) < 4.78 is 5.83. The Labute approximate surface area is 116 Å².